The Balaban J connectivity index is 1.90. The minimum atomic E-state index is -0.865. The summed E-state index contributed by atoms with van der Waals surface area (Å²) in [6.07, 6.45) is 4.01. The van der Waals surface area contributed by atoms with Crippen LogP contribution >= 0.6 is 23.6 Å². The lowest BCUT2D eigenvalue weighted by molar-refractivity contribution is -0.137. The molecule has 0 saturated heterocycles. The molecule has 1 aliphatic heterocycles. The third-order valence-corrected chi connectivity index (χ3v) is 5.20. The lowest BCUT2D eigenvalue weighted by Crippen LogP contribution is -2.01. The van der Waals surface area contributed by atoms with Crippen LogP contribution in [0.15, 0.2) is 23.2 Å². The van der Waals surface area contributed by atoms with E-state index in [0.717, 1.165) is 22.6 Å². The van der Waals surface area contributed by atoms with Crippen LogP contribution in [-0.2, 0) is 11.3 Å². The molecule has 2 heterocycles. The van der Waals surface area contributed by atoms with Crippen molar-refractivity contribution in [3.05, 3.63) is 32.6 Å². The molecule has 1 aromatic carbocycles. The van der Waals surface area contributed by atoms with Gasteiger partial charge in [-0.2, -0.15) is 0 Å². The Bertz CT molecular complexity index is 941. The van der Waals surface area contributed by atoms with E-state index in [9.17, 15) is 9.90 Å². The highest BCUT2D eigenvalue weighted by Crippen LogP contribution is 2.37. The molecule has 1 aromatic heterocycles. The molecule has 0 aliphatic carbocycles. The van der Waals surface area contributed by atoms with Gasteiger partial charge in [0, 0.05) is 30.3 Å². The number of aromatic hydroxyl groups is 1. The zero-order chi connectivity index (χ0) is 18.0. The third-order valence-electron chi connectivity index (χ3n) is 3.81. The van der Waals surface area contributed by atoms with E-state index in [-0.39, 0.29) is 12.3 Å². The predicted molar refractivity (Wildman–Crippen MR) is 101 cm³/mol. The molecule has 0 amide bonds. The van der Waals surface area contributed by atoms with Crippen LogP contribution in [0.25, 0.3) is 11.6 Å². The number of nitrogens with zero attached hydrogens (tertiary/aromatic N) is 2. The molecule has 0 bridgehead atoms. The number of allylic oxidation sites excluding steroid dienone is 1. The first-order chi connectivity index (χ1) is 12.0. The Labute approximate surface area is 153 Å². The summed E-state index contributed by atoms with van der Waals surface area (Å²) in [5.41, 5.74) is 2.63. The highest BCUT2D eigenvalue weighted by atomic mass is 32.1. The lowest BCUT2D eigenvalue weighted by atomic mass is 10.1. The third kappa shape index (κ3) is 3.64. The van der Waals surface area contributed by atoms with Gasteiger partial charge in [0.15, 0.2) is 3.95 Å². The maximum atomic E-state index is 10.6. The lowest BCUT2D eigenvalue weighted by Gasteiger charge is -2.04. The average Bonchev–Trinajstić information content (AvgIpc) is 3.10. The predicted octanol–water partition coefficient (Wildman–Crippen LogP) is 4.11. The number of methoxy groups -OCH3 is 1. The number of aromatic nitrogens is 1. The van der Waals surface area contributed by atoms with Crippen molar-refractivity contribution >= 4 is 53.1 Å². The number of carbonyl (C=O) groups is 1. The van der Waals surface area contributed by atoms with Crippen molar-refractivity contribution in [3.63, 3.8) is 0 Å². The van der Waals surface area contributed by atoms with Crippen LogP contribution in [-0.4, -0.2) is 34.1 Å². The van der Waals surface area contributed by atoms with Gasteiger partial charge in [-0.1, -0.05) is 0 Å². The molecular weight excluding hydrogens is 360 g/mol. The van der Waals surface area contributed by atoms with Gasteiger partial charge in [0.25, 0.3) is 0 Å². The smallest absolute Gasteiger partial charge is 0.303 e. The molecule has 8 heteroatoms. The van der Waals surface area contributed by atoms with Crippen LogP contribution in [0.3, 0.4) is 0 Å². The Morgan fingerprint density at radius 2 is 2.28 bits per heavy atom. The number of rotatable bonds is 6. The number of fused-ring (bicyclic) bond motifs is 1. The van der Waals surface area contributed by atoms with Crippen molar-refractivity contribution in [1.82, 2.24) is 4.57 Å². The molecule has 2 aromatic rings. The Morgan fingerprint density at radius 3 is 3.00 bits per heavy atom. The summed E-state index contributed by atoms with van der Waals surface area (Å²) in [7, 11) is 1.61. The minimum absolute atomic E-state index is 0.0350. The molecule has 0 unspecified atom stereocenters. The Kier molecular flexibility index (Phi) is 5.00. The molecule has 1 aliphatic rings. The summed E-state index contributed by atoms with van der Waals surface area (Å²) in [6.45, 7) is 0.370. The van der Waals surface area contributed by atoms with Gasteiger partial charge in [0.1, 0.15) is 5.75 Å². The zero-order valence-corrected chi connectivity index (χ0v) is 15.1. The van der Waals surface area contributed by atoms with Crippen LogP contribution in [0.2, 0.25) is 0 Å². The molecule has 6 nitrogen and oxygen atoms in total. The Hall–Kier alpha value is -2.45. The fourth-order valence-corrected chi connectivity index (χ4v) is 3.86. The fourth-order valence-electron chi connectivity index (χ4n) is 2.54. The van der Waals surface area contributed by atoms with E-state index in [1.54, 1.807) is 17.9 Å². The second-order valence-corrected chi connectivity index (χ2v) is 7.12. The first-order valence-electron chi connectivity index (χ1n) is 7.58. The highest BCUT2D eigenvalue weighted by Gasteiger charge is 2.16. The normalized spacial score (nSPS) is 14.0. The number of hydrogen-bond donors (Lipinski definition) is 2. The molecular formula is C17H16N2O4S2. The van der Waals surface area contributed by atoms with Gasteiger partial charge in [-0.05, 0) is 42.9 Å². The van der Waals surface area contributed by atoms with Gasteiger partial charge in [-0.25, -0.2) is 0 Å². The monoisotopic (exact) mass is 376 g/mol. The van der Waals surface area contributed by atoms with Gasteiger partial charge in [-0.15, -0.1) is 11.3 Å². The first kappa shape index (κ1) is 17.4. The largest absolute Gasteiger partial charge is 0.497 e. The topological polar surface area (TPSA) is 84.0 Å². The number of aliphatic imine (C=N–C) groups is 1. The number of benzene rings is 1. The molecule has 2 N–H and O–H groups in total. The van der Waals surface area contributed by atoms with E-state index in [0.29, 0.717) is 21.8 Å². The van der Waals surface area contributed by atoms with Crippen LogP contribution in [0.4, 0.5) is 5.69 Å². The van der Waals surface area contributed by atoms with Crippen LogP contribution in [0.5, 0.6) is 11.6 Å². The summed E-state index contributed by atoms with van der Waals surface area (Å²) in [6, 6.07) is 5.62. The highest BCUT2D eigenvalue weighted by molar-refractivity contribution is 7.73. The van der Waals surface area contributed by atoms with Gasteiger partial charge in [0.2, 0.25) is 5.88 Å². The average molecular weight is 376 g/mol. The summed E-state index contributed by atoms with van der Waals surface area (Å²) >= 11 is 6.57. The van der Waals surface area contributed by atoms with E-state index >= 15 is 0 Å². The number of aliphatic carboxylic acids is 1. The summed E-state index contributed by atoms with van der Waals surface area (Å²) in [5.74, 6) is -0.0767. The maximum absolute atomic E-state index is 10.6. The number of thiazole rings is 1. The second kappa shape index (κ2) is 7.20. The molecule has 0 radical (unpaired) electrons. The summed E-state index contributed by atoms with van der Waals surface area (Å²) in [4.78, 5) is 15.6. The van der Waals surface area contributed by atoms with E-state index in [1.807, 2.05) is 24.3 Å². The number of hydrogen-bond acceptors (Lipinski definition) is 6. The summed E-state index contributed by atoms with van der Waals surface area (Å²) in [5, 5.41) is 19.2. The minimum Gasteiger partial charge on any atom is -0.497 e. The molecule has 3 rings (SSSR count). The molecule has 130 valence electrons. The van der Waals surface area contributed by atoms with Gasteiger partial charge in [0.05, 0.1) is 17.7 Å². The molecule has 0 fully saturated rings. The number of carboxylic acid groups (broad SMARTS) is 1. The molecule has 0 spiro atoms. The maximum Gasteiger partial charge on any atom is 0.303 e. The van der Waals surface area contributed by atoms with Gasteiger partial charge < -0.3 is 14.9 Å². The van der Waals surface area contributed by atoms with Crippen molar-refractivity contribution in [2.24, 2.45) is 4.99 Å². The Morgan fingerprint density at radius 1 is 1.48 bits per heavy atom. The van der Waals surface area contributed by atoms with Crippen molar-refractivity contribution in [1.29, 1.82) is 0 Å². The van der Waals surface area contributed by atoms with Gasteiger partial charge in [-0.3, -0.25) is 14.4 Å². The zero-order valence-electron chi connectivity index (χ0n) is 13.4. The number of ether oxygens (including phenoxy) is 1. The van der Waals surface area contributed by atoms with E-state index < -0.39 is 5.97 Å². The molecule has 0 atom stereocenters. The summed E-state index contributed by atoms with van der Waals surface area (Å²) < 4.78 is 7.32. The first-order valence-corrected chi connectivity index (χ1v) is 8.80. The van der Waals surface area contributed by atoms with Crippen LogP contribution in [0.1, 0.15) is 23.3 Å². The van der Waals surface area contributed by atoms with Crippen molar-refractivity contribution < 1.29 is 19.7 Å². The van der Waals surface area contributed by atoms with Crippen LogP contribution < -0.4 is 4.74 Å². The van der Waals surface area contributed by atoms with Crippen LogP contribution in [0, 0.1) is 3.95 Å². The van der Waals surface area contributed by atoms with Crippen molar-refractivity contribution in [2.75, 3.05) is 7.11 Å². The van der Waals surface area contributed by atoms with E-state index in [2.05, 4.69) is 4.99 Å². The fraction of sp³-hybridized carbons (Fsp3) is 0.235. The van der Waals surface area contributed by atoms with E-state index in [4.69, 9.17) is 22.1 Å². The molecule has 0 saturated carbocycles. The second-order valence-electron chi connectivity index (χ2n) is 5.45. The molecule has 25 heavy (non-hydrogen) atoms. The quantitative estimate of drug-likeness (QED) is 0.741. The SMILES string of the molecule is COc1ccc2c(c1)/C(=C/c1sc(=S)n(CCCC(=O)O)c1O)C=N2. The standard InChI is InChI=1S/C17H16N2O4S2/c1-23-11-4-5-13-12(8-11)10(9-18-13)7-14-16(22)19(17(24)25-14)6-2-3-15(20)21/h4-5,7-9,22H,2-3,6H2,1H3,(H,20,21)/b10-7+. The van der Waals surface area contributed by atoms with E-state index in [1.165, 1.54) is 11.3 Å². The van der Waals surface area contributed by atoms with Crippen molar-refractivity contribution in [3.8, 4) is 11.6 Å². The van der Waals surface area contributed by atoms with Crippen molar-refractivity contribution in [2.45, 2.75) is 19.4 Å². The number of carboxylic acids is 1. The van der Waals surface area contributed by atoms with Gasteiger partial charge >= 0.3 is 5.97 Å².